The standard InChI is InChI=1S/C51H35N5/c52-50(54-51(36-17-5-2-6-18-36)53-34-35-15-3-1-4-16-35)39-20-14-22-41(32-39)56-48-28-12-9-25-44(48)45-33-38(29-30-49(45)56)37-19-13-21-40(31-37)55-46-26-10-7-23-42(46)43-24-8-11-27-47(43)55/h1-34,52H. The van der Waals surface area contributed by atoms with Gasteiger partial charge in [0.25, 0.3) is 0 Å². The van der Waals surface area contributed by atoms with Crippen molar-refractivity contribution in [3.8, 4) is 22.5 Å². The molecular formula is C51H35N5. The molecule has 5 nitrogen and oxygen atoms in total. The van der Waals surface area contributed by atoms with Crippen molar-refractivity contribution in [1.29, 1.82) is 5.41 Å². The molecule has 0 saturated heterocycles. The molecule has 2 heterocycles. The number of rotatable bonds is 6. The molecule has 0 unspecified atom stereocenters. The lowest BCUT2D eigenvalue weighted by Gasteiger charge is -2.12. The third-order valence-corrected chi connectivity index (χ3v) is 10.5. The normalized spacial score (nSPS) is 12.0. The van der Waals surface area contributed by atoms with E-state index in [0.29, 0.717) is 11.4 Å². The van der Waals surface area contributed by atoms with Crippen molar-refractivity contribution in [2.24, 2.45) is 9.98 Å². The van der Waals surface area contributed by atoms with E-state index in [9.17, 15) is 0 Å². The minimum absolute atomic E-state index is 0.141. The van der Waals surface area contributed by atoms with Gasteiger partial charge in [-0.15, -0.1) is 0 Å². The highest BCUT2D eigenvalue weighted by molar-refractivity contribution is 6.14. The fraction of sp³-hybridized carbons (Fsp3) is 0. The number of amidine groups is 2. The molecule has 0 aliphatic heterocycles. The number of nitrogens with zero attached hydrogens (tertiary/aromatic N) is 4. The van der Waals surface area contributed by atoms with Crippen molar-refractivity contribution < 1.29 is 0 Å². The Balaban J connectivity index is 1.05. The van der Waals surface area contributed by atoms with Crippen molar-refractivity contribution in [1.82, 2.24) is 9.13 Å². The molecule has 0 amide bonds. The molecular weight excluding hydrogens is 683 g/mol. The van der Waals surface area contributed by atoms with Gasteiger partial charge in [0.15, 0.2) is 11.7 Å². The van der Waals surface area contributed by atoms with Crippen LogP contribution in [0.15, 0.2) is 210 Å². The summed E-state index contributed by atoms with van der Waals surface area (Å²) in [5.74, 6) is 0.624. The Morgan fingerprint density at radius 2 is 0.911 bits per heavy atom. The number of fused-ring (bicyclic) bond motifs is 6. The molecule has 10 rings (SSSR count). The minimum atomic E-state index is 0.141. The van der Waals surface area contributed by atoms with E-state index in [0.717, 1.165) is 44.7 Å². The van der Waals surface area contributed by atoms with Crippen molar-refractivity contribution >= 4 is 61.5 Å². The smallest absolute Gasteiger partial charge is 0.161 e. The van der Waals surface area contributed by atoms with E-state index in [1.54, 1.807) is 6.21 Å². The maximum absolute atomic E-state index is 9.15. The molecule has 2 aromatic heterocycles. The lowest BCUT2D eigenvalue weighted by atomic mass is 10.0. The molecule has 0 fully saturated rings. The summed E-state index contributed by atoms with van der Waals surface area (Å²) in [4.78, 5) is 9.52. The Kier molecular flexibility index (Phi) is 8.23. The van der Waals surface area contributed by atoms with Crippen molar-refractivity contribution in [2.45, 2.75) is 0 Å². The average molecular weight is 718 g/mol. The molecule has 0 atom stereocenters. The van der Waals surface area contributed by atoms with Gasteiger partial charge < -0.3 is 9.13 Å². The number of hydrogen-bond acceptors (Lipinski definition) is 1. The molecule has 56 heavy (non-hydrogen) atoms. The molecule has 0 saturated carbocycles. The Bertz CT molecular complexity index is 3090. The Morgan fingerprint density at radius 1 is 0.411 bits per heavy atom. The fourth-order valence-electron chi connectivity index (χ4n) is 7.85. The van der Waals surface area contributed by atoms with E-state index < -0.39 is 0 Å². The molecule has 0 aliphatic rings. The second-order valence-electron chi connectivity index (χ2n) is 13.9. The largest absolute Gasteiger partial charge is 0.309 e. The summed E-state index contributed by atoms with van der Waals surface area (Å²) in [5, 5.41) is 14.0. The fourth-order valence-corrected chi connectivity index (χ4v) is 7.85. The summed E-state index contributed by atoms with van der Waals surface area (Å²) in [7, 11) is 0. The van der Waals surface area contributed by atoms with Gasteiger partial charge in [-0.25, -0.2) is 9.98 Å². The van der Waals surface area contributed by atoms with E-state index in [4.69, 9.17) is 15.4 Å². The summed E-state index contributed by atoms with van der Waals surface area (Å²) < 4.78 is 4.65. The predicted molar refractivity (Wildman–Crippen MR) is 234 cm³/mol. The summed E-state index contributed by atoms with van der Waals surface area (Å²) in [6.07, 6.45) is 1.79. The highest BCUT2D eigenvalue weighted by Crippen LogP contribution is 2.37. The third-order valence-electron chi connectivity index (χ3n) is 10.5. The van der Waals surface area contributed by atoms with Crippen LogP contribution in [0.3, 0.4) is 0 Å². The van der Waals surface area contributed by atoms with Gasteiger partial charge in [-0.1, -0.05) is 146 Å². The van der Waals surface area contributed by atoms with E-state index >= 15 is 0 Å². The first kappa shape index (κ1) is 33.0. The van der Waals surface area contributed by atoms with Crippen LogP contribution in [-0.2, 0) is 0 Å². The highest BCUT2D eigenvalue weighted by Gasteiger charge is 2.16. The van der Waals surface area contributed by atoms with Gasteiger partial charge in [-0.2, -0.15) is 0 Å². The van der Waals surface area contributed by atoms with E-state index in [-0.39, 0.29) is 5.84 Å². The van der Waals surface area contributed by atoms with Gasteiger partial charge in [0.1, 0.15) is 0 Å². The Morgan fingerprint density at radius 3 is 1.57 bits per heavy atom. The molecule has 0 aliphatic carbocycles. The SMILES string of the molecule is N=C(N=C(N=Cc1ccccc1)c1ccccc1)c1cccc(-n2c3ccccc3c3cc(-c4cccc(-n5c6ccccc6c6ccccc65)c4)ccc32)c1. The Labute approximate surface area is 324 Å². The first-order chi connectivity index (χ1) is 27.7. The number of aromatic nitrogens is 2. The first-order valence-electron chi connectivity index (χ1n) is 18.7. The molecule has 10 aromatic rings. The number of hydrogen-bond donors (Lipinski definition) is 1. The molecule has 8 aromatic carbocycles. The molecule has 0 radical (unpaired) electrons. The molecule has 0 spiro atoms. The van der Waals surface area contributed by atoms with Crippen LogP contribution in [0.1, 0.15) is 16.7 Å². The van der Waals surface area contributed by atoms with Crippen LogP contribution < -0.4 is 0 Å². The van der Waals surface area contributed by atoms with E-state index in [2.05, 4.69) is 130 Å². The zero-order chi connectivity index (χ0) is 37.4. The van der Waals surface area contributed by atoms with Gasteiger partial charge in [0.2, 0.25) is 0 Å². The van der Waals surface area contributed by atoms with Crippen LogP contribution in [0, 0.1) is 5.41 Å². The van der Waals surface area contributed by atoms with Crippen LogP contribution in [0.25, 0.3) is 66.1 Å². The van der Waals surface area contributed by atoms with Crippen molar-refractivity contribution in [3.63, 3.8) is 0 Å². The number of para-hydroxylation sites is 3. The minimum Gasteiger partial charge on any atom is -0.309 e. The quantitative estimate of drug-likeness (QED) is 0.132. The average Bonchev–Trinajstić information content (AvgIpc) is 3.78. The van der Waals surface area contributed by atoms with E-state index in [1.165, 1.54) is 32.6 Å². The summed E-state index contributed by atoms with van der Waals surface area (Å²) in [6, 6.07) is 69.3. The van der Waals surface area contributed by atoms with Gasteiger partial charge in [0, 0.05) is 50.3 Å². The number of nitrogens with one attached hydrogen (secondary N) is 1. The van der Waals surface area contributed by atoms with Crippen LogP contribution in [0.2, 0.25) is 0 Å². The van der Waals surface area contributed by atoms with Crippen molar-refractivity contribution in [3.05, 3.63) is 217 Å². The van der Waals surface area contributed by atoms with Gasteiger partial charge in [-0.3, -0.25) is 5.41 Å². The molecule has 1 N–H and O–H groups in total. The number of benzene rings is 8. The molecule has 264 valence electrons. The summed E-state index contributed by atoms with van der Waals surface area (Å²) >= 11 is 0. The summed E-state index contributed by atoms with van der Waals surface area (Å²) in [6.45, 7) is 0. The predicted octanol–water partition coefficient (Wildman–Crippen LogP) is 12.4. The zero-order valence-corrected chi connectivity index (χ0v) is 30.4. The maximum Gasteiger partial charge on any atom is 0.161 e. The molecule has 0 bridgehead atoms. The lowest BCUT2D eigenvalue weighted by Crippen LogP contribution is -2.05. The van der Waals surface area contributed by atoms with Crippen LogP contribution in [-0.4, -0.2) is 27.0 Å². The Hall–Kier alpha value is -7.63. The lowest BCUT2D eigenvalue weighted by molar-refractivity contribution is 1.18. The van der Waals surface area contributed by atoms with Crippen LogP contribution >= 0.6 is 0 Å². The third kappa shape index (κ3) is 5.88. The van der Waals surface area contributed by atoms with Gasteiger partial charge >= 0.3 is 0 Å². The monoisotopic (exact) mass is 717 g/mol. The van der Waals surface area contributed by atoms with E-state index in [1.807, 2.05) is 78.9 Å². The van der Waals surface area contributed by atoms with Crippen LogP contribution in [0.4, 0.5) is 0 Å². The van der Waals surface area contributed by atoms with Crippen molar-refractivity contribution in [2.75, 3.05) is 0 Å². The zero-order valence-electron chi connectivity index (χ0n) is 30.4. The highest BCUT2D eigenvalue weighted by atomic mass is 15.0. The number of aliphatic imine (C=N–C) groups is 2. The molecule has 5 heteroatoms. The second kappa shape index (κ2) is 14.0. The first-order valence-corrected chi connectivity index (χ1v) is 18.7. The van der Waals surface area contributed by atoms with Gasteiger partial charge in [-0.05, 0) is 71.3 Å². The van der Waals surface area contributed by atoms with Crippen LogP contribution in [0.5, 0.6) is 0 Å². The topological polar surface area (TPSA) is 58.4 Å². The summed E-state index contributed by atoms with van der Waals surface area (Å²) in [5.41, 5.74) is 11.5. The maximum atomic E-state index is 9.15. The van der Waals surface area contributed by atoms with Gasteiger partial charge in [0.05, 0.1) is 22.1 Å². The second-order valence-corrected chi connectivity index (χ2v) is 13.9.